The minimum absolute atomic E-state index is 0.0987. The van der Waals surface area contributed by atoms with Gasteiger partial charge in [-0.25, -0.2) is 4.79 Å². The first-order valence-corrected chi connectivity index (χ1v) is 6.51. The number of hydrogen-bond acceptors (Lipinski definition) is 4. The second kappa shape index (κ2) is 4.97. The number of pyridine rings is 1. The molecule has 1 aromatic carbocycles. The van der Waals surface area contributed by atoms with Gasteiger partial charge < -0.3 is 5.11 Å². The lowest BCUT2D eigenvalue weighted by molar-refractivity contribution is -0.134. The van der Waals surface area contributed by atoms with Gasteiger partial charge in [-0.3, -0.25) is 19.9 Å². The van der Waals surface area contributed by atoms with Crippen molar-refractivity contribution in [3.63, 3.8) is 0 Å². The van der Waals surface area contributed by atoms with Crippen molar-refractivity contribution in [2.45, 2.75) is 18.8 Å². The van der Waals surface area contributed by atoms with Gasteiger partial charge in [0.05, 0.1) is 11.5 Å². The number of benzene rings is 1. The summed E-state index contributed by atoms with van der Waals surface area (Å²) in [6.07, 6.45) is 3.59. The zero-order valence-corrected chi connectivity index (χ0v) is 11.0. The van der Waals surface area contributed by atoms with Crippen molar-refractivity contribution in [3.8, 4) is 0 Å². The van der Waals surface area contributed by atoms with Gasteiger partial charge in [0.2, 0.25) is 11.8 Å². The Hall–Kier alpha value is -2.76. The maximum atomic E-state index is 11.9. The van der Waals surface area contributed by atoms with Crippen LogP contribution in [0.4, 0.5) is 0 Å². The highest BCUT2D eigenvalue weighted by atomic mass is 16.4. The van der Waals surface area contributed by atoms with E-state index in [1.807, 2.05) is 0 Å². The number of carboxylic acids is 1. The number of carboxylic acid groups (broad SMARTS) is 1. The summed E-state index contributed by atoms with van der Waals surface area (Å²) >= 11 is 0. The Labute approximate surface area is 119 Å². The molecule has 2 heterocycles. The molecule has 6 heteroatoms. The van der Waals surface area contributed by atoms with Crippen LogP contribution in [-0.4, -0.2) is 27.9 Å². The molecule has 2 amide bonds. The highest BCUT2D eigenvalue weighted by molar-refractivity contribution is 6.04. The first kappa shape index (κ1) is 13.2. The van der Waals surface area contributed by atoms with Crippen molar-refractivity contribution in [2.24, 2.45) is 0 Å². The molecule has 106 valence electrons. The predicted molar refractivity (Wildman–Crippen MR) is 73.8 cm³/mol. The fourth-order valence-corrected chi connectivity index (χ4v) is 2.58. The fraction of sp³-hybridized carbons (Fsp3) is 0.200. The van der Waals surface area contributed by atoms with Crippen LogP contribution in [0.3, 0.4) is 0 Å². The number of aromatic nitrogens is 1. The molecule has 21 heavy (non-hydrogen) atoms. The van der Waals surface area contributed by atoms with E-state index < -0.39 is 11.9 Å². The summed E-state index contributed by atoms with van der Waals surface area (Å²) in [5.41, 5.74) is 0.808. The van der Waals surface area contributed by atoms with Crippen molar-refractivity contribution >= 4 is 28.6 Å². The largest absolute Gasteiger partial charge is 0.478 e. The van der Waals surface area contributed by atoms with Crippen LogP contribution in [-0.2, 0) is 9.59 Å². The van der Waals surface area contributed by atoms with E-state index in [0.717, 1.165) is 0 Å². The smallest absolute Gasteiger partial charge is 0.337 e. The second-order valence-corrected chi connectivity index (χ2v) is 4.98. The van der Waals surface area contributed by atoms with Gasteiger partial charge in [0.25, 0.3) is 0 Å². The Bertz CT molecular complexity index is 769. The lowest BCUT2D eigenvalue weighted by Crippen LogP contribution is -2.39. The molecule has 1 aliphatic heterocycles. The van der Waals surface area contributed by atoms with Gasteiger partial charge in [0, 0.05) is 24.2 Å². The zero-order valence-electron chi connectivity index (χ0n) is 11.0. The number of fused-ring (bicyclic) bond motifs is 1. The van der Waals surface area contributed by atoms with E-state index in [4.69, 9.17) is 0 Å². The third-order valence-electron chi connectivity index (χ3n) is 3.66. The Morgan fingerprint density at radius 2 is 2.10 bits per heavy atom. The molecular formula is C15H12N2O4. The number of hydrogen-bond donors (Lipinski definition) is 2. The van der Waals surface area contributed by atoms with Crippen LogP contribution < -0.4 is 5.32 Å². The summed E-state index contributed by atoms with van der Waals surface area (Å²) in [4.78, 5) is 38.2. The Morgan fingerprint density at radius 3 is 2.81 bits per heavy atom. The molecule has 1 fully saturated rings. The lowest BCUT2D eigenvalue weighted by atomic mass is 9.89. The van der Waals surface area contributed by atoms with E-state index in [0.29, 0.717) is 22.8 Å². The monoisotopic (exact) mass is 284 g/mol. The molecule has 1 atom stereocenters. The fourth-order valence-electron chi connectivity index (χ4n) is 2.58. The van der Waals surface area contributed by atoms with Gasteiger partial charge in [-0.1, -0.05) is 12.1 Å². The molecule has 1 aliphatic rings. The summed E-state index contributed by atoms with van der Waals surface area (Å²) in [6, 6.07) is 5.21. The molecule has 2 N–H and O–H groups in total. The van der Waals surface area contributed by atoms with Crippen LogP contribution >= 0.6 is 0 Å². The van der Waals surface area contributed by atoms with Gasteiger partial charge >= 0.3 is 5.97 Å². The molecule has 2 aromatic rings. The number of rotatable bonds is 2. The average molecular weight is 284 g/mol. The quantitative estimate of drug-likeness (QED) is 0.814. The topological polar surface area (TPSA) is 96.4 Å². The summed E-state index contributed by atoms with van der Waals surface area (Å²) in [5.74, 6) is -2.10. The van der Waals surface area contributed by atoms with Crippen molar-refractivity contribution in [2.75, 3.05) is 0 Å². The number of amides is 2. The SMILES string of the molecule is O=C1CCC(c2ccc3cncc(C(=O)O)c3c2)C(=O)N1. The highest BCUT2D eigenvalue weighted by Gasteiger charge is 2.28. The summed E-state index contributed by atoms with van der Waals surface area (Å²) in [5, 5.41) is 12.8. The Balaban J connectivity index is 2.08. The molecule has 1 saturated heterocycles. The van der Waals surface area contributed by atoms with Crippen molar-refractivity contribution in [1.82, 2.24) is 10.3 Å². The van der Waals surface area contributed by atoms with Crippen LogP contribution in [0.2, 0.25) is 0 Å². The Morgan fingerprint density at radius 1 is 1.29 bits per heavy atom. The number of nitrogens with zero attached hydrogens (tertiary/aromatic N) is 1. The number of carbonyl (C=O) groups excluding carboxylic acids is 2. The number of piperidine rings is 1. The van der Waals surface area contributed by atoms with Crippen LogP contribution in [0.25, 0.3) is 10.8 Å². The van der Waals surface area contributed by atoms with Gasteiger partial charge in [-0.2, -0.15) is 0 Å². The normalized spacial score (nSPS) is 18.6. The van der Waals surface area contributed by atoms with Crippen molar-refractivity contribution in [1.29, 1.82) is 0 Å². The minimum atomic E-state index is -1.06. The second-order valence-electron chi connectivity index (χ2n) is 4.98. The first-order valence-electron chi connectivity index (χ1n) is 6.51. The minimum Gasteiger partial charge on any atom is -0.478 e. The molecule has 0 bridgehead atoms. The lowest BCUT2D eigenvalue weighted by Gasteiger charge is -2.21. The predicted octanol–water partition coefficient (Wildman–Crippen LogP) is 1.45. The maximum Gasteiger partial charge on any atom is 0.337 e. The number of imide groups is 1. The van der Waals surface area contributed by atoms with Crippen LogP contribution in [0.5, 0.6) is 0 Å². The molecule has 0 spiro atoms. The third kappa shape index (κ3) is 2.35. The molecule has 3 rings (SSSR count). The maximum absolute atomic E-state index is 11.9. The average Bonchev–Trinajstić information content (AvgIpc) is 2.46. The summed E-state index contributed by atoms with van der Waals surface area (Å²) in [7, 11) is 0. The van der Waals surface area contributed by atoms with Gasteiger partial charge in [0.15, 0.2) is 0 Å². The van der Waals surface area contributed by atoms with Crippen LogP contribution in [0, 0.1) is 0 Å². The highest BCUT2D eigenvalue weighted by Crippen LogP contribution is 2.28. The molecule has 6 nitrogen and oxygen atoms in total. The van der Waals surface area contributed by atoms with Gasteiger partial charge in [-0.05, 0) is 23.4 Å². The van der Waals surface area contributed by atoms with Crippen LogP contribution in [0.15, 0.2) is 30.6 Å². The number of carbonyl (C=O) groups is 3. The molecular weight excluding hydrogens is 272 g/mol. The van der Waals surface area contributed by atoms with E-state index in [2.05, 4.69) is 10.3 Å². The zero-order chi connectivity index (χ0) is 15.0. The molecule has 0 aliphatic carbocycles. The van der Waals surface area contributed by atoms with E-state index in [-0.39, 0.29) is 23.8 Å². The van der Waals surface area contributed by atoms with E-state index in [9.17, 15) is 19.5 Å². The molecule has 1 aromatic heterocycles. The molecule has 1 unspecified atom stereocenters. The standard InChI is InChI=1S/C15H12N2O4/c18-13-4-3-10(14(19)17-13)8-1-2-9-6-16-7-12(15(20)21)11(9)5-8/h1-2,5-7,10H,3-4H2,(H,20,21)(H,17,18,19). The number of aromatic carboxylic acids is 1. The molecule has 0 saturated carbocycles. The van der Waals surface area contributed by atoms with Crippen LogP contribution in [0.1, 0.15) is 34.7 Å². The Kier molecular flexibility index (Phi) is 3.13. The number of nitrogens with one attached hydrogen (secondary N) is 1. The van der Waals surface area contributed by atoms with E-state index in [1.54, 1.807) is 24.4 Å². The van der Waals surface area contributed by atoms with Crippen molar-refractivity contribution < 1.29 is 19.5 Å². The third-order valence-corrected chi connectivity index (χ3v) is 3.66. The summed E-state index contributed by atoms with van der Waals surface area (Å²) in [6.45, 7) is 0. The first-order chi connectivity index (χ1) is 10.1. The molecule has 0 radical (unpaired) electrons. The van der Waals surface area contributed by atoms with E-state index in [1.165, 1.54) is 6.20 Å². The van der Waals surface area contributed by atoms with Gasteiger partial charge in [-0.15, -0.1) is 0 Å². The van der Waals surface area contributed by atoms with Crippen molar-refractivity contribution in [3.05, 3.63) is 41.7 Å². The van der Waals surface area contributed by atoms with E-state index >= 15 is 0 Å². The summed E-state index contributed by atoms with van der Waals surface area (Å²) < 4.78 is 0. The van der Waals surface area contributed by atoms with Gasteiger partial charge in [0.1, 0.15) is 0 Å².